The van der Waals surface area contributed by atoms with E-state index in [0.29, 0.717) is 5.78 Å². The Balaban J connectivity index is 1.52. The topological polar surface area (TPSA) is 17.1 Å². The molecule has 0 aromatic heterocycles. The van der Waals surface area contributed by atoms with Crippen LogP contribution in [0.15, 0.2) is 0 Å². The third-order valence-electron chi connectivity index (χ3n) is 6.60. The van der Waals surface area contributed by atoms with E-state index in [9.17, 15) is 4.79 Å². The van der Waals surface area contributed by atoms with Crippen molar-refractivity contribution < 1.29 is 4.79 Å². The maximum absolute atomic E-state index is 11.6. The fraction of sp³-hybridized carbons (Fsp3) is 0.944. The van der Waals surface area contributed by atoms with Gasteiger partial charge in [-0.15, -0.1) is 0 Å². The van der Waals surface area contributed by atoms with E-state index in [2.05, 4.69) is 6.92 Å². The highest BCUT2D eigenvalue weighted by Crippen LogP contribution is 2.47. The summed E-state index contributed by atoms with van der Waals surface area (Å²) in [6.07, 6.45) is 14.6. The molecule has 0 aliphatic heterocycles. The molecule has 19 heavy (non-hydrogen) atoms. The van der Waals surface area contributed by atoms with Gasteiger partial charge >= 0.3 is 0 Å². The lowest BCUT2D eigenvalue weighted by Crippen LogP contribution is -2.34. The van der Waals surface area contributed by atoms with Crippen LogP contribution >= 0.6 is 0 Å². The van der Waals surface area contributed by atoms with E-state index in [-0.39, 0.29) is 0 Å². The molecule has 3 unspecified atom stereocenters. The van der Waals surface area contributed by atoms with E-state index in [0.717, 1.165) is 42.4 Å². The van der Waals surface area contributed by atoms with Crippen LogP contribution in [-0.2, 0) is 4.79 Å². The highest BCUT2D eigenvalue weighted by atomic mass is 16.1. The van der Waals surface area contributed by atoms with Crippen LogP contribution in [0.2, 0.25) is 0 Å². The number of carbonyl (C=O) groups excluding carboxylic acids is 1. The molecule has 1 heteroatoms. The maximum Gasteiger partial charge on any atom is 0.133 e. The van der Waals surface area contributed by atoms with Crippen molar-refractivity contribution in [2.75, 3.05) is 0 Å². The zero-order valence-corrected chi connectivity index (χ0v) is 12.6. The highest BCUT2D eigenvalue weighted by Gasteiger charge is 2.38. The first-order chi connectivity index (χ1) is 9.26. The summed E-state index contributed by atoms with van der Waals surface area (Å²) in [6.45, 7) is 2.36. The van der Waals surface area contributed by atoms with Crippen LogP contribution in [0.5, 0.6) is 0 Å². The van der Waals surface area contributed by atoms with Gasteiger partial charge in [0.25, 0.3) is 0 Å². The summed E-state index contributed by atoms with van der Waals surface area (Å²) in [5, 5.41) is 0. The smallest absolute Gasteiger partial charge is 0.133 e. The number of Topliss-reactive ketones (excluding diaryl/α,β-unsaturated/α-hetero) is 1. The van der Waals surface area contributed by atoms with Gasteiger partial charge in [0.05, 0.1) is 0 Å². The minimum atomic E-state index is 0.545. The molecule has 0 radical (unpaired) electrons. The normalized spacial score (nSPS) is 43.8. The van der Waals surface area contributed by atoms with E-state index < -0.39 is 0 Å². The Morgan fingerprint density at radius 2 is 1.47 bits per heavy atom. The van der Waals surface area contributed by atoms with Crippen molar-refractivity contribution in [3.05, 3.63) is 0 Å². The van der Waals surface area contributed by atoms with Crippen LogP contribution < -0.4 is 0 Å². The molecule has 0 heterocycles. The molecule has 3 atom stereocenters. The van der Waals surface area contributed by atoms with E-state index in [1.807, 2.05) is 0 Å². The monoisotopic (exact) mass is 262 g/mol. The lowest BCUT2D eigenvalue weighted by Gasteiger charge is -2.43. The Hall–Kier alpha value is -0.330. The fourth-order valence-corrected chi connectivity index (χ4v) is 5.22. The number of ketones is 1. The lowest BCUT2D eigenvalue weighted by atomic mass is 9.62. The molecular weight excluding hydrogens is 232 g/mol. The van der Waals surface area contributed by atoms with Crippen molar-refractivity contribution in [1.82, 2.24) is 0 Å². The van der Waals surface area contributed by atoms with Crippen LogP contribution in [0.25, 0.3) is 0 Å². The molecule has 1 nitrogen and oxygen atoms in total. The summed E-state index contributed by atoms with van der Waals surface area (Å²) in [5.74, 6) is 5.28. The highest BCUT2D eigenvalue weighted by molar-refractivity contribution is 5.79. The Morgan fingerprint density at radius 1 is 0.842 bits per heavy atom. The third-order valence-corrected chi connectivity index (χ3v) is 6.60. The second-order valence-electron chi connectivity index (χ2n) is 7.56. The molecule has 0 amide bonds. The average Bonchev–Trinajstić information content (AvgIpc) is 2.47. The first kappa shape index (κ1) is 13.6. The summed E-state index contributed by atoms with van der Waals surface area (Å²) < 4.78 is 0. The Morgan fingerprint density at radius 3 is 2.21 bits per heavy atom. The van der Waals surface area contributed by atoms with Gasteiger partial charge in [-0.25, -0.2) is 0 Å². The number of fused-ring (bicyclic) bond motifs is 1. The average molecular weight is 262 g/mol. The molecule has 0 spiro atoms. The summed E-state index contributed by atoms with van der Waals surface area (Å²) in [7, 11) is 0. The Bertz CT molecular complexity index is 314. The molecule has 3 aliphatic rings. The van der Waals surface area contributed by atoms with Gasteiger partial charge in [0.1, 0.15) is 5.78 Å². The second-order valence-corrected chi connectivity index (χ2v) is 7.56. The Labute approximate surface area is 118 Å². The summed E-state index contributed by atoms with van der Waals surface area (Å²) in [4.78, 5) is 11.6. The van der Waals surface area contributed by atoms with Crippen LogP contribution in [0, 0.1) is 29.6 Å². The minimum Gasteiger partial charge on any atom is -0.300 e. The zero-order valence-electron chi connectivity index (χ0n) is 12.6. The van der Waals surface area contributed by atoms with Gasteiger partial charge in [0, 0.05) is 12.8 Å². The number of hydrogen-bond donors (Lipinski definition) is 0. The lowest BCUT2D eigenvalue weighted by molar-refractivity contribution is -0.123. The predicted octanol–water partition coefficient (Wildman–Crippen LogP) is 4.99. The van der Waals surface area contributed by atoms with E-state index in [1.165, 1.54) is 57.8 Å². The van der Waals surface area contributed by atoms with Gasteiger partial charge in [-0.05, 0) is 68.1 Å². The van der Waals surface area contributed by atoms with E-state index in [4.69, 9.17) is 0 Å². The van der Waals surface area contributed by atoms with Crippen molar-refractivity contribution in [3.63, 3.8) is 0 Å². The SMILES string of the molecule is CC[C@H]1CC[C@H](C2CCC3CC(=O)CCC3C2)CC1. The Kier molecular flexibility index (Phi) is 4.29. The molecule has 3 aliphatic carbocycles. The molecular formula is C18H30O. The summed E-state index contributed by atoms with van der Waals surface area (Å²) >= 11 is 0. The summed E-state index contributed by atoms with van der Waals surface area (Å²) in [5.41, 5.74) is 0. The largest absolute Gasteiger partial charge is 0.300 e. The van der Waals surface area contributed by atoms with Crippen molar-refractivity contribution >= 4 is 5.78 Å². The van der Waals surface area contributed by atoms with Gasteiger partial charge in [0.15, 0.2) is 0 Å². The standard InChI is InChI=1S/C18H30O/c1-2-13-3-5-14(6-4-13)15-7-8-17-12-18(19)10-9-16(17)11-15/h13-17H,2-12H2,1H3/t13-,14-,15?,16?,17?. The maximum atomic E-state index is 11.6. The molecule has 3 saturated carbocycles. The number of hydrogen-bond acceptors (Lipinski definition) is 1. The zero-order chi connectivity index (χ0) is 13.2. The first-order valence-electron chi connectivity index (χ1n) is 8.78. The van der Waals surface area contributed by atoms with Crippen molar-refractivity contribution in [2.24, 2.45) is 29.6 Å². The van der Waals surface area contributed by atoms with Crippen LogP contribution in [0.1, 0.15) is 77.6 Å². The van der Waals surface area contributed by atoms with Gasteiger partial charge in [-0.3, -0.25) is 4.79 Å². The predicted molar refractivity (Wildman–Crippen MR) is 78.9 cm³/mol. The van der Waals surface area contributed by atoms with Crippen molar-refractivity contribution in [2.45, 2.75) is 77.6 Å². The van der Waals surface area contributed by atoms with Gasteiger partial charge in [0.2, 0.25) is 0 Å². The van der Waals surface area contributed by atoms with Crippen molar-refractivity contribution in [3.8, 4) is 0 Å². The first-order valence-corrected chi connectivity index (χ1v) is 8.78. The van der Waals surface area contributed by atoms with Gasteiger partial charge < -0.3 is 0 Å². The van der Waals surface area contributed by atoms with Crippen LogP contribution in [-0.4, -0.2) is 5.78 Å². The molecule has 0 N–H and O–H groups in total. The second kappa shape index (κ2) is 5.97. The van der Waals surface area contributed by atoms with E-state index in [1.54, 1.807) is 0 Å². The quantitative estimate of drug-likeness (QED) is 0.685. The molecule has 108 valence electrons. The van der Waals surface area contributed by atoms with Gasteiger partial charge in [-0.2, -0.15) is 0 Å². The summed E-state index contributed by atoms with van der Waals surface area (Å²) in [6, 6.07) is 0. The molecule has 0 aromatic carbocycles. The van der Waals surface area contributed by atoms with Crippen LogP contribution in [0.4, 0.5) is 0 Å². The fourth-order valence-electron chi connectivity index (χ4n) is 5.22. The third kappa shape index (κ3) is 3.06. The van der Waals surface area contributed by atoms with Gasteiger partial charge in [-0.1, -0.05) is 26.2 Å². The van der Waals surface area contributed by atoms with E-state index >= 15 is 0 Å². The van der Waals surface area contributed by atoms with Crippen molar-refractivity contribution in [1.29, 1.82) is 0 Å². The van der Waals surface area contributed by atoms with Crippen LogP contribution in [0.3, 0.4) is 0 Å². The minimum absolute atomic E-state index is 0.545. The molecule has 0 saturated heterocycles. The molecule has 0 aromatic rings. The number of rotatable bonds is 2. The molecule has 3 rings (SSSR count). The number of carbonyl (C=O) groups is 1. The molecule has 0 bridgehead atoms. The molecule has 3 fully saturated rings.